The van der Waals surface area contributed by atoms with Gasteiger partial charge in [-0.05, 0) is 27.7 Å². The van der Waals surface area contributed by atoms with E-state index >= 15 is 0 Å². The van der Waals surface area contributed by atoms with Gasteiger partial charge in [-0.2, -0.15) is 0 Å². The van der Waals surface area contributed by atoms with Gasteiger partial charge in [-0.25, -0.2) is 9.59 Å². The fourth-order valence-corrected chi connectivity index (χ4v) is 0. The summed E-state index contributed by atoms with van der Waals surface area (Å²) in [6, 6.07) is 0. The van der Waals surface area contributed by atoms with E-state index in [1.54, 1.807) is 0 Å². The van der Waals surface area contributed by atoms with Crippen LogP contribution in [0.1, 0.15) is 27.7 Å². The third kappa shape index (κ3) is 126. The van der Waals surface area contributed by atoms with E-state index in [9.17, 15) is 9.59 Å². The summed E-state index contributed by atoms with van der Waals surface area (Å²) >= 11 is 0. The molecule has 116 valence electrons. The monoisotopic (exact) mass is 314 g/mol. The predicted molar refractivity (Wildman–Crippen MR) is 72.0 cm³/mol. The summed E-state index contributed by atoms with van der Waals surface area (Å²) in [6.45, 7) is 11.1. The largest absolute Gasteiger partial charge is 2.00 e. The molecular formula is C12H18MgO8. The Labute approximate surface area is 138 Å². The molecule has 0 fully saturated rings. The van der Waals surface area contributed by atoms with Gasteiger partial charge >= 0.3 is 35.0 Å². The molecular weight excluding hydrogens is 296 g/mol. The summed E-state index contributed by atoms with van der Waals surface area (Å²) in [5.41, 5.74) is 0.352. The van der Waals surface area contributed by atoms with Gasteiger partial charge in [0.25, 0.3) is 0 Å². The first-order valence-corrected chi connectivity index (χ1v) is 4.88. The van der Waals surface area contributed by atoms with Crippen molar-refractivity contribution in [2.75, 3.05) is 0 Å². The summed E-state index contributed by atoms with van der Waals surface area (Å²) in [5.74, 6) is -4.04. The number of carbonyl (C=O) groups excluding carboxylic acids is 2. The average molecular weight is 315 g/mol. The van der Waals surface area contributed by atoms with E-state index in [1.807, 2.05) is 0 Å². The SMILES string of the molecule is C=C(C)C(=O)O.C=C(C)C(=O)O.CC(=O)[O-].CC(=O)[O-].[Mg+2]. The van der Waals surface area contributed by atoms with Gasteiger partial charge in [0.05, 0.1) is 0 Å². The molecule has 8 nitrogen and oxygen atoms in total. The predicted octanol–water partition coefficient (Wildman–Crippen LogP) is -1.57. The first-order chi connectivity index (χ1) is 8.75. The standard InChI is InChI=1S/2C4H6O2.2C2H4O2.Mg/c2*1-3(2)4(5)6;2*1-2(3)4;/h2*1H2,2H3,(H,5,6);2*1H3,(H,3,4);/q;;;;+2/p-2. The Bertz CT molecular complexity index is 305. The molecule has 0 amide bonds. The Morgan fingerprint density at radius 1 is 0.714 bits per heavy atom. The summed E-state index contributed by atoms with van der Waals surface area (Å²) in [4.78, 5) is 37.0. The minimum absolute atomic E-state index is 0. The van der Waals surface area contributed by atoms with Gasteiger partial charge in [0, 0.05) is 23.1 Å². The number of carboxylic acid groups (broad SMARTS) is 4. The van der Waals surface area contributed by atoms with Crippen LogP contribution in [0, 0.1) is 0 Å². The smallest absolute Gasteiger partial charge is 0.550 e. The normalized spacial score (nSPS) is 6.67. The molecule has 9 heteroatoms. The molecule has 0 saturated heterocycles. The van der Waals surface area contributed by atoms with Crippen LogP contribution in [0.3, 0.4) is 0 Å². The van der Waals surface area contributed by atoms with Gasteiger partial charge in [-0.3, -0.25) is 0 Å². The maximum atomic E-state index is 9.60. The van der Waals surface area contributed by atoms with Crippen LogP contribution in [-0.2, 0) is 19.2 Å². The van der Waals surface area contributed by atoms with Gasteiger partial charge in [0.1, 0.15) is 0 Å². The third-order valence-corrected chi connectivity index (χ3v) is 0.730. The molecule has 0 spiro atoms. The molecule has 0 aromatic rings. The fraction of sp³-hybridized carbons (Fsp3) is 0.333. The molecule has 0 atom stereocenters. The topological polar surface area (TPSA) is 155 Å². The van der Waals surface area contributed by atoms with Crippen molar-refractivity contribution in [3.05, 3.63) is 24.3 Å². The van der Waals surface area contributed by atoms with E-state index in [0.29, 0.717) is 0 Å². The van der Waals surface area contributed by atoms with Crippen LogP contribution in [-0.4, -0.2) is 57.1 Å². The number of aliphatic carboxylic acids is 4. The van der Waals surface area contributed by atoms with E-state index in [1.165, 1.54) is 13.8 Å². The van der Waals surface area contributed by atoms with Crippen LogP contribution in [0.15, 0.2) is 24.3 Å². The van der Waals surface area contributed by atoms with Crippen LogP contribution >= 0.6 is 0 Å². The van der Waals surface area contributed by atoms with Gasteiger partial charge in [-0.1, -0.05) is 13.2 Å². The van der Waals surface area contributed by atoms with Crippen LogP contribution in [0.25, 0.3) is 0 Å². The second-order valence-electron chi connectivity index (χ2n) is 3.15. The van der Waals surface area contributed by atoms with Gasteiger partial charge in [0.15, 0.2) is 0 Å². The average Bonchev–Trinajstić information content (AvgIpc) is 2.15. The molecule has 0 unspecified atom stereocenters. The maximum absolute atomic E-state index is 9.60. The van der Waals surface area contributed by atoms with Gasteiger partial charge < -0.3 is 30.0 Å². The first kappa shape index (κ1) is 31.5. The Hall–Kier alpha value is -1.87. The van der Waals surface area contributed by atoms with Gasteiger partial charge in [-0.15, -0.1) is 0 Å². The molecule has 0 heterocycles. The van der Waals surface area contributed by atoms with Crippen molar-refractivity contribution < 1.29 is 39.6 Å². The van der Waals surface area contributed by atoms with E-state index in [-0.39, 0.29) is 34.2 Å². The molecule has 0 rings (SSSR count). The molecule has 0 bridgehead atoms. The van der Waals surface area contributed by atoms with Crippen LogP contribution in [0.2, 0.25) is 0 Å². The summed E-state index contributed by atoms with van der Waals surface area (Å²) in [7, 11) is 0. The van der Waals surface area contributed by atoms with Crippen molar-refractivity contribution in [2.24, 2.45) is 0 Å². The zero-order chi connectivity index (χ0) is 17.5. The second-order valence-corrected chi connectivity index (χ2v) is 3.15. The van der Waals surface area contributed by atoms with Gasteiger partial charge in [0.2, 0.25) is 0 Å². The van der Waals surface area contributed by atoms with Crippen molar-refractivity contribution in [3.63, 3.8) is 0 Å². The van der Waals surface area contributed by atoms with Crippen molar-refractivity contribution in [1.29, 1.82) is 0 Å². The zero-order valence-electron chi connectivity index (χ0n) is 12.5. The van der Waals surface area contributed by atoms with Crippen LogP contribution < -0.4 is 10.2 Å². The molecule has 21 heavy (non-hydrogen) atoms. The number of carbonyl (C=O) groups is 4. The Morgan fingerprint density at radius 2 is 0.762 bits per heavy atom. The number of hydrogen-bond donors (Lipinski definition) is 2. The van der Waals surface area contributed by atoms with E-state index in [4.69, 9.17) is 30.0 Å². The molecule has 0 aliphatic carbocycles. The van der Waals surface area contributed by atoms with E-state index in [0.717, 1.165) is 13.8 Å². The Morgan fingerprint density at radius 3 is 0.762 bits per heavy atom. The molecule has 0 radical (unpaired) electrons. The van der Waals surface area contributed by atoms with Crippen LogP contribution in [0.5, 0.6) is 0 Å². The van der Waals surface area contributed by atoms with E-state index in [2.05, 4.69) is 13.2 Å². The summed E-state index contributed by atoms with van der Waals surface area (Å²) in [6.07, 6.45) is 0. The molecule has 2 N–H and O–H groups in total. The first-order valence-electron chi connectivity index (χ1n) is 4.88. The van der Waals surface area contributed by atoms with Crippen molar-refractivity contribution in [1.82, 2.24) is 0 Å². The molecule has 0 saturated carbocycles. The van der Waals surface area contributed by atoms with E-state index < -0.39 is 23.9 Å². The van der Waals surface area contributed by atoms with Crippen LogP contribution in [0.4, 0.5) is 0 Å². The second kappa shape index (κ2) is 20.4. The molecule has 0 aromatic heterocycles. The summed E-state index contributed by atoms with van der Waals surface area (Å²) in [5, 5.41) is 33.6. The van der Waals surface area contributed by atoms with Crippen molar-refractivity contribution in [3.8, 4) is 0 Å². The molecule has 0 aromatic carbocycles. The Kier molecular flexibility index (Phi) is 30.7. The zero-order valence-corrected chi connectivity index (χ0v) is 13.9. The van der Waals surface area contributed by atoms with Crippen molar-refractivity contribution in [2.45, 2.75) is 27.7 Å². The van der Waals surface area contributed by atoms with Crippen molar-refractivity contribution >= 4 is 46.9 Å². The maximum Gasteiger partial charge on any atom is 2.00 e. The number of hydrogen-bond acceptors (Lipinski definition) is 6. The molecule has 0 aliphatic rings. The minimum Gasteiger partial charge on any atom is -0.550 e. The summed E-state index contributed by atoms with van der Waals surface area (Å²) < 4.78 is 0. The Balaban J connectivity index is -0.0000000544. The molecule has 0 aliphatic heterocycles. The number of rotatable bonds is 2. The third-order valence-electron chi connectivity index (χ3n) is 0.730. The quantitative estimate of drug-likeness (QED) is 0.457. The fourth-order valence-electron chi connectivity index (χ4n) is 0. The minimum atomic E-state index is -1.08. The number of carboxylic acids is 4.